The van der Waals surface area contributed by atoms with Gasteiger partial charge in [0.1, 0.15) is 6.04 Å². The Kier molecular flexibility index (Phi) is 2.50. The Morgan fingerprint density at radius 2 is 2.47 bits per heavy atom. The number of tetrazole rings is 1. The van der Waals surface area contributed by atoms with Gasteiger partial charge in [0.05, 0.1) is 0 Å². The highest BCUT2D eigenvalue weighted by Gasteiger charge is 2.29. The lowest BCUT2D eigenvalue weighted by molar-refractivity contribution is -0.119. The molecule has 1 saturated heterocycles. The summed E-state index contributed by atoms with van der Waals surface area (Å²) < 4.78 is 1.53. The maximum absolute atomic E-state index is 11.2. The molecule has 1 aliphatic rings. The quantitative estimate of drug-likeness (QED) is 0.559. The van der Waals surface area contributed by atoms with E-state index in [-0.39, 0.29) is 11.9 Å². The molecular weight excluding hydrogens is 198 g/mol. The van der Waals surface area contributed by atoms with Gasteiger partial charge in [-0.1, -0.05) is 5.10 Å². The van der Waals surface area contributed by atoms with Crippen molar-refractivity contribution in [2.45, 2.75) is 6.04 Å². The molecule has 3 N–H and O–H groups in total. The monoisotopic (exact) mass is 211 g/mol. The summed E-state index contributed by atoms with van der Waals surface area (Å²) in [6.07, 6.45) is 0. The van der Waals surface area contributed by atoms with Crippen LogP contribution >= 0.6 is 0 Å². The van der Waals surface area contributed by atoms with E-state index in [4.69, 9.17) is 5.73 Å². The van der Waals surface area contributed by atoms with Crippen LogP contribution in [0.2, 0.25) is 0 Å². The number of nitrogens with one attached hydrogen (secondary N) is 1. The number of aromatic nitrogens is 4. The fourth-order valence-electron chi connectivity index (χ4n) is 1.67. The van der Waals surface area contributed by atoms with Crippen molar-refractivity contribution in [3.8, 4) is 0 Å². The summed E-state index contributed by atoms with van der Waals surface area (Å²) in [6, 6.07) is -0.386. The van der Waals surface area contributed by atoms with Crippen LogP contribution in [-0.2, 0) is 11.8 Å². The zero-order chi connectivity index (χ0) is 10.8. The van der Waals surface area contributed by atoms with Crippen LogP contribution < -0.4 is 16.0 Å². The Hall–Kier alpha value is -1.70. The van der Waals surface area contributed by atoms with E-state index in [0.717, 1.165) is 6.54 Å². The molecular formula is C7H13N7O. The lowest BCUT2D eigenvalue weighted by atomic mass is 10.2. The van der Waals surface area contributed by atoms with Crippen molar-refractivity contribution < 1.29 is 4.79 Å². The van der Waals surface area contributed by atoms with Crippen molar-refractivity contribution in [3.63, 3.8) is 0 Å². The van der Waals surface area contributed by atoms with Crippen LogP contribution in [0, 0.1) is 0 Å². The Balaban J connectivity index is 2.25. The van der Waals surface area contributed by atoms with Gasteiger partial charge in [-0.3, -0.25) is 4.79 Å². The first-order valence-electron chi connectivity index (χ1n) is 4.69. The number of carbonyl (C=O) groups is 1. The molecule has 0 spiro atoms. The zero-order valence-electron chi connectivity index (χ0n) is 8.42. The molecule has 82 valence electrons. The third-order valence-corrected chi connectivity index (χ3v) is 2.43. The van der Waals surface area contributed by atoms with Crippen molar-refractivity contribution in [3.05, 3.63) is 0 Å². The molecule has 1 aromatic heterocycles. The van der Waals surface area contributed by atoms with E-state index in [0.29, 0.717) is 19.0 Å². The number of nitrogens with zero attached hydrogens (tertiary/aromatic N) is 5. The van der Waals surface area contributed by atoms with E-state index in [1.54, 1.807) is 7.05 Å². The SMILES string of the molecule is Cn1nnnc1N1CCNCC1C(N)=O. The fourth-order valence-corrected chi connectivity index (χ4v) is 1.67. The average Bonchev–Trinajstić information content (AvgIpc) is 2.64. The molecule has 8 nitrogen and oxygen atoms in total. The zero-order valence-corrected chi connectivity index (χ0v) is 8.42. The number of primary amides is 1. The van der Waals surface area contributed by atoms with E-state index >= 15 is 0 Å². The third-order valence-electron chi connectivity index (χ3n) is 2.43. The molecule has 1 aromatic rings. The number of piperazine rings is 1. The number of amides is 1. The molecule has 0 bridgehead atoms. The molecule has 0 radical (unpaired) electrons. The minimum Gasteiger partial charge on any atom is -0.368 e. The lowest BCUT2D eigenvalue weighted by Gasteiger charge is -2.33. The number of carbonyl (C=O) groups excluding carboxylic acids is 1. The highest BCUT2D eigenvalue weighted by Crippen LogP contribution is 2.12. The van der Waals surface area contributed by atoms with Crippen LogP contribution in [0.15, 0.2) is 0 Å². The Bertz CT molecular complexity index is 362. The highest BCUT2D eigenvalue weighted by molar-refractivity contribution is 5.83. The second kappa shape index (κ2) is 3.81. The maximum atomic E-state index is 11.2. The number of rotatable bonds is 2. The van der Waals surface area contributed by atoms with Gasteiger partial charge in [-0.05, 0) is 10.4 Å². The first-order chi connectivity index (χ1) is 7.20. The molecule has 1 atom stereocenters. The van der Waals surface area contributed by atoms with Gasteiger partial charge in [0.2, 0.25) is 11.9 Å². The fraction of sp³-hybridized carbons (Fsp3) is 0.714. The van der Waals surface area contributed by atoms with E-state index < -0.39 is 0 Å². The summed E-state index contributed by atoms with van der Waals surface area (Å²) >= 11 is 0. The van der Waals surface area contributed by atoms with Crippen LogP contribution in [-0.4, -0.2) is 51.8 Å². The van der Waals surface area contributed by atoms with Gasteiger partial charge >= 0.3 is 0 Å². The molecule has 1 amide bonds. The largest absolute Gasteiger partial charge is 0.368 e. The summed E-state index contributed by atoms with van der Waals surface area (Å²) in [4.78, 5) is 13.1. The van der Waals surface area contributed by atoms with E-state index in [1.807, 2.05) is 4.90 Å². The molecule has 1 unspecified atom stereocenters. The standard InChI is InChI=1S/C7H13N7O/c1-13-7(10-11-12-13)14-3-2-9-4-5(14)6(8)15/h5,9H,2-4H2,1H3,(H2,8,15). The Morgan fingerprint density at radius 3 is 3.07 bits per heavy atom. The van der Waals surface area contributed by atoms with E-state index in [9.17, 15) is 4.79 Å². The van der Waals surface area contributed by atoms with Crippen molar-refractivity contribution >= 4 is 11.9 Å². The number of anilines is 1. The van der Waals surface area contributed by atoms with Crippen LogP contribution in [0.25, 0.3) is 0 Å². The molecule has 0 saturated carbocycles. The second-order valence-corrected chi connectivity index (χ2v) is 3.42. The average molecular weight is 211 g/mol. The predicted molar refractivity (Wildman–Crippen MR) is 52.0 cm³/mol. The molecule has 15 heavy (non-hydrogen) atoms. The number of hydrogen-bond acceptors (Lipinski definition) is 6. The third kappa shape index (κ3) is 1.75. The smallest absolute Gasteiger partial charge is 0.246 e. The first-order valence-corrected chi connectivity index (χ1v) is 4.69. The second-order valence-electron chi connectivity index (χ2n) is 3.42. The van der Waals surface area contributed by atoms with Gasteiger partial charge < -0.3 is 16.0 Å². The summed E-state index contributed by atoms with van der Waals surface area (Å²) in [6.45, 7) is 1.99. The molecule has 0 aromatic carbocycles. The van der Waals surface area contributed by atoms with Crippen LogP contribution in [0.3, 0.4) is 0 Å². The molecule has 2 heterocycles. The molecule has 1 fully saturated rings. The number of hydrogen-bond donors (Lipinski definition) is 2. The first kappa shape index (κ1) is 9.84. The van der Waals surface area contributed by atoms with E-state index in [2.05, 4.69) is 20.8 Å². The van der Waals surface area contributed by atoms with Crippen molar-refractivity contribution in [1.82, 2.24) is 25.5 Å². The van der Waals surface area contributed by atoms with Crippen molar-refractivity contribution in [2.75, 3.05) is 24.5 Å². The minimum atomic E-state index is -0.386. The predicted octanol–water partition coefficient (Wildman–Crippen LogP) is -2.53. The van der Waals surface area contributed by atoms with Gasteiger partial charge in [0.15, 0.2) is 0 Å². The summed E-state index contributed by atoms with van der Waals surface area (Å²) in [5.41, 5.74) is 5.32. The summed E-state index contributed by atoms with van der Waals surface area (Å²) in [7, 11) is 1.73. The molecule has 8 heteroatoms. The normalized spacial score (nSPS) is 21.7. The maximum Gasteiger partial charge on any atom is 0.246 e. The molecule has 1 aliphatic heterocycles. The Morgan fingerprint density at radius 1 is 1.67 bits per heavy atom. The van der Waals surface area contributed by atoms with Gasteiger partial charge in [0.25, 0.3) is 0 Å². The van der Waals surface area contributed by atoms with Crippen LogP contribution in [0.1, 0.15) is 0 Å². The Labute approximate surface area is 86.4 Å². The van der Waals surface area contributed by atoms with Gasteiger partial charge in [-0.2, -0.15) is 0 Å². The minimum absolute atomic E-state index is 0.370. The molecule has 2 rings (SSSR count). The van der Waals surface area contributed by atoms with Crippen molar-refractivity contribution in [1.29, 1.82) is 0 Å². The highest BCUT2D eigenvalue weighted by atomic mass is 16.1. The molecule has 0 aliphatic carbocycles. The number of nitrogens with two attached hydrogens (primary N) is 1. The van der Waals surface area contributed by atoms with Crippen LogP contribution in [0.4, 0.5) is 5.95 Å². The van der Waals surface area contributed by atoms with Gasteiger partial charge in [0, 0.05) is 26.7 Å². The van der Waals surface area contributed by atoms with Crippen LogP contribution in [0.5, 0.6) is 0 Å². The topological polar surface area (TPSA) is 102 Å². The van der Waals surface area contributed by atoms with E-state index in [1.165, 1.54) is 4.68 Å². The van der Waals surface area contributed by atoms with Gasteiger partial charge in [-0.15, -0.1) is 0 Å². The summed E-state index contributed by atoms with van der Waals surface area (Å²) in [5, 5.41) is 14.2. The van der Waals surface area contributed by atoms with Crippen molar-refractivity contribution in [2.24, 2.45) is 12.8 Å². The number of aryl methyl sites for hydroxylation is 1. The lowest BCUT2D eigenvalue weighted by Crippen LogP contribution is -2.57. The van der Waals surface area contributed by atoms with Gasteiger partial charge in [-0.25, -0.2) is 4.68 Å². The summed E-state index contributed by atoms with van der Waals surface area (Å²) in [5.74, 6) is 0.200.